The minimum Gasteiger partial charge on any atom is -0.370 e. The van der Waals surface area contributed by atoms with E-state index in [1.165, 1.54) is 18.6 Å². The van der Waals surface area contributed by atoms with Crippen molar-refractivity contribution in [2.75, 3.05) is 37.2 Å². The van der Waals surface area contributed by atoms with E-state index in [9.17, 15) is 0 Å². The summed E-state index contributed by atoms with van der Waals surface area (Å²) in [5.41, 5.74) is 0. The lowest BCUT2D eigenvalue weighted by atomic mass is 10.2. The highest BCUT2D eigenvalue weighted by molar-refractivity contribution is 8.00. The maximum Gasteiger partial charge on any atom is 0.191 e. The largest absolute Gasteiger partial charge is 0.370 e. The highest BCUT2D eigenvalue weighted by atomic mass is 32.2. The molecule has 1 aromatic heterocycles. The lowest BCUT2D eigenvalue weighted by molar-refractivity contribution is 0.708. The molecule has 0 saturated carbocycles. The number of hydrogen-bond acceptors (Lipinski definition) is 4. The molecule has 0 aliphatic carbocycles. The highest BCUT2D eigenvalue weighted by Crippen LogP contribution is 2.25. The Morgan fingerprint density at radius 2 is 2.22 bits per heavy atom. The van der Waals surface area contributed by atoms with Gasteiger partial charge in [-0.2, -0.15) is 11.8 Å². The number of rotatable bonds is 9. The van der Waals surface area contributed by atoms with Crippen molar-refractivity contribution in [2.24, 2.45) is 4.99 Å². The van der Waals surface area contributed by atoms with Crippen LogP contribution in [-0.2, 0) is 0 Å². The first-order valence-electron chi connectivity index (χ1n) is 8.67. The van der Waals surface area contributed by atoms with E-state index in [4.69, 9.17) is 4.99 Å². The van der Waals surface area contributed by atoms with E-state index in [2.05, 4.69) is 39.6 Å². The van der Waals surface area contributed by atoms with Crippen LogP contribution in [0.4, 0.5) is 5.82 Å². The number of aromatic nitrogens is 1. The molecule has 1 unspecified atom stereocenters. The predicted octanol–water partition coefficient (Wildman–Crippen LogP) is 2.72. The second-order valence-electron chi connectivity index (χ2n) is 5.63. The van der Waals surface area contributed by atoms with Crippen molar-refractivity contribution in [1.82, 2.24) is 15.6 Å². The van der Waals surface area contributed by atoms with E-state index in [0.717, 1.165) is 50.8 Å². The van der Waals surface area contributed by atoms with Crippen LogP contribution >= 0.6 is 11.8 Å². The molecule has 1 fully saturated rings. The lowest BCUT2D eigenvalue weighted by Gasteiger charge is -2.12. The van der Waals surface area contributed by atoms with E-state index < -0.39 is 0 Å². The van der Waals surface area contributed by atoms with Crippen molar-refractivity contribution in [1.29, 1.82) is 0 Å². The van der Waals surface area contributed by atoms with Crippen molar-refractivity contribution in [3.8, 4) is 0 Å². The van der Waals surface area contributed by atoms with Gasteiger partial charge >= 0.3 is 0 Å². The maximum atomic E-state index is 4.71. The van der Waals surface area contributed by atoms with E-state index in [-0.39, 0.29) is 0 Å². The zero-order chi connectivity index (χ0) is 16.2. The summed E-state index contributed by atoms with van der Waals surface area (Å²) < 4.78 is 0. The zero-order valence-electron chi connectivity index (χ0n) is 14.1. The van der Waals surface area contributed by atoms with E-state index >= 15 is 0 Å². The summed E-state index contributed by atoms with van der Waals surface area (Å²) in [6.07, 6.45) is 6.69. The molecule has 0 amide bonds. The average Bonchev–Trinajstić information content (AvgIpc) is 3.10. The molecule has 1 saturated heterocycles. The number of nitrogens with zero attached hydrogens (tertiary/aromatic N) is 2. The molecule has 2 heterocycles. The van der Waals surface area contributed by atoms with Crippen LogP contribution < -0.4 is 16.0 Å². The normalized spacial score (nSPS) is 18.0. The Labute approximate surface area is 144 Å². The average molecular weight is 336 g/mol. The molecule has 1 aromatic rings. The third-order valence-electron chi connectivity index (χ3n) is 3.69. The van der Waals surface area contributed by atoms with E-state index in [1.807, 2.05) is 24.4 Å². The van der Waals surface area contributed by atoms with Gasteiger partial charge in [-0.3, -0.25) is 4.99 Å². The molecule has 0 aromatic carbocycles. The molecule has 1 atom stereocenters. The second kappa shape index (κ2) is 11.2. The molecular weight excluding hydrogens is 306 g/mol. The quantitative estimate of drug-likeness (QED) is 0.368. The molecule has 1 aliphatic heterocycles. The van der Waals surface area contributed by atoms with Crippen LogP contribution in [0.15, 0.2) is 29.4 Å². The van der Waals surface area contributed by atoms with Gasteiger partial charge in [0.15, 0.2) is 5.96 Å². The topological polar surface area (TPSA) is 61.3 Å². The Bertz CT molecular complexity index is 446. The number of guanidine groups is 1. The Morgan fingerprint density at radius 1 is 1.30 bits per heavy atom. The van der Waals surface area contributed by atoms with Crippen LogP contribution in [0, 0.1) is 0 Å². The number of hydrogen-bond donors (Lipinski definition) is 3. The molecule has 1 aliphatic rings. The van der Waals surface area contributed by atoms with Crippen molar-refractivity contribution >= 4 is 23.5 Å². The molecule has 0 radical (unpaired) electrons. The summed E-state index contributed by atoms with van der Waals surface area (Å²) in [5.74, 6) is 3.20. The van der Waals surface area contributed by atoms with Crippen LogP contribution in [0.25, 0.3) is 0 Å². The summed E-state index contributed by atoms with van der Waals surface area (Å²) in [7, 11) is 0. The molecule has 128 valence electrons. The van der Waals surface area contributed by atoms with Crippen molar-refractivity contribution < 1.29 is 0 Å². The van der Waals surface area contributed by atoms with Gasteiger partial charge in [0.1, 0.15) is 5.82 Å². The number of thioether (sulfide) groups is 1. The summed E-state index contributed by atoms with van der Waals surface area (Å²) in [6, 6.07) is 5.93. The van der Waals surface area contributed by atoms with Crippen LogP contribution in [0.5, 0.6) is 0 Å². The Hall–Kier alpha value is -1.43. The van der Waals surface area contributed by atoms with E-state index in [1.54, 1.807) is 0 Å². The van der Waals surface area contributed by atoms with Gasteiger partial charge in [-0.15, -0.1) is 0 Å². The van der Waals surface area contributed by atoms with Crippen molar-refractivity contribution in [3.05, 3.63) is 24.4 Å². The van der Waals surface area contributed by atoms with Crippen molar-refractivity contribution in [3.63, 3.8) is 0 Å². The standard InChI is InChI=1S/C17H29N5S/c1-2-18-17(22-14-15-8-7-13-23-15)21-12-6-5-11-20-16-9-3-4-10-19-16/h3-4,9-10,15H,2,5-8,11-14H2,1H3,(H,19,20)(H2,18,21,22). The molecular formula is C17H29N5S. The third kappa shape index (κ3) is 7.59. The van der Waals surface area contributed by atoms with E-state index in [0.29, 0.717) is 5.25 Å². The van der Waals surface area contributed by atoms with Crippen LogP contribution in [-0.4, -0.2) is 48.1 Å². The number of anilines is 1. The first kappa shape index (κ1) is 17.9. The number of nitrogens with one attached hydrogen (secondary N) is 3. The molecule has 2 rings (SSSR count). The van der Waals surface area contributed by atoms with Gasteiger partial charge in [-0.1, -0.05) is 6.07 Å². The monoisotopic (exact) mass is 335 g/mol. The molecule has 23 heavy (non-hydrogen) atoms. The predicted molar refractivity (Wildman–Crippen MR) is 101 cm³/mol. The number of unbranched alkanes of at least 4 members (excludes halogenated alkanes) is 1. The summed E-state index contributed by atoms with van der Waals surface area (Å²) in [5, 5.41) is 10.8. The van der Waals surface area contributed by atoms with Crippen LogP contribution in [0.3, 0.4) is 0 Å². The summed E-state index contributed by atoms with van der Waals surface area (Å²) in [4.78, 5) is 8.96. The molecule has 0 spiro atoms. The molecule has 5 nitrogen and oxygen atoms in total. The fraction of sp³-hybridized carbons (Fsp3) is 0.647. The van der Waals surface area contributed by atoms with Gasteiger partial charge in [0.2, 0.25) is 0 Å². The fourth-order valence-corrected chi connectivity index (χ4v) is 3.64. The van der Waals surface area contributed by atoms with Gasteiger partial charge in [0.05, 0.1) is 6.54 Å². The van der Waals surface area contributed by atoms with Crippen LogP contribution in [0.1, 0.15) is 32.6 Å². The molecule has 6 heteroatoms. The minimum absolute atomic E-state index is 0.716. The Kier molecular flexibility index (Phi) is 8.69. The lowest BCUT2D eigenvalue weighted by Crippen LogP contribution is -2.38. The first-order valence-corrected chi connectivity index (χ1v) is 9.72. The van der Waals surface area contributed by atoms with Gasteiger partial charge in [-0.05, 0) is 50.5 Å². The first-order chi connectivity index (χ1) is 11.4. The van der Waals surface area contributed by atoms with Crippen molar-refractivity contribution in [2.45, 2.75) is 37.9 Å². The fourth-order valence-electron chi connectivity index (χ4n) is 2.46. The Balaban J connectivity index is 1.57. The SMILES string of the molecule is CCNC(=NCC1CCCS1)NCCCCNc1ccccn1. The Morgan fingerprint density at radius 3 is 2.96 bits per heavy atom. The second-order valence-corrected chi connectivity index (χ2v) is 7.04. The zero-order valence-corrected chi connectivity index (χ0v) is 14.9. The summed E-state index contributed by atoms with van der Waals surface area (Å²) in [6.45, 7) is 5.85. The smallest absolute Gasteiger partial charge is 0.191 e. The minimum atomic E-state index is 0.716. The highest BCUT2D eigenvalue weighted by Gasteiger charge is 2.14. The number of aliphatic imine (C=N–C) groups is 1. The van der Waals surface area contributed by atoms with Gasteiger partial charge in [0, 0.05) is 31.1 Å². The maximum absolute atomic E-state index is 4.71. The van der Waals surface area contributed by atoms with Crippen LogP contribution in [0.2, 0.25) is 0 Å². The number of pyridine rings is 1. The summed E-state index contributed by atoms with van der Waals surface area (Å²) >= 11 is 2.06. The molecule has 3 N–H and O–H groups in total. The van der Waals surface area contributed by atoms with Gasteiger partial charge in [-0.25, -0.2) is 4.98 Å². The third-order valence-corrected chi connectivity index (χ3v) is 5.07. The van der Waals surface area contributed by atoms with Gasteiger partial charge < -0.3 is 16.0 Å². The van der Waals surface area contributed by atoms with Gasteiger partial charge in [0.25, 0.3) is 0 Å². The molecule has 0 bridgehead atoms.